The van der Waals surface area contributed by atoms with Gasteiger partial charge in [-0.2, -0.15) is 0 Å². The Bertz CT molecular complexity index is 732. The van der Waals surface area contributed by atoms with Crippen molar-refractivity contribution in [3.8, 4) is 0 Å². The van der Waals surface area contributed by atoms with E-state index in [1.165, 1.54) is 0 Å². The highest BCUT2D eigenvalue weighted by Gasteiger charge is 2.12. The first-order chi connectivity index (χ1) is 11.5. The normalized spacial score (nSPS) is 12.1. The van der Waals surface area contributed by atoms with Crippen molar-refractivity contribution < 1.29 is 21.9 Å². The van der Waals surface area contributed by atoms with E-state index >= 15 is 0 Å². The van der Waals surface area contributed by atoms with E-state index in [0.29, 0.717) is 12.2 Å². The van der Waals surface area contributed by atoms with Gasteiger partial charge in [0.2, 0.25) is 0 Å². The number of nitrogen functional groups attached to an aromatic ring is 1. The Morgan fingerprint density at radius 3 is 2.04 bits per heavy atom. The molecule has 0 saturated heterocycles. The first-order valence-electron chi connectivity index (χ1n) is 7.33. The van der Waals surface area contributed by atoms with Crippen molar-refractivity contribution in [2.24, 2.45) is 0 Å². The second kappa shape index (κ2) is 8.87. The van der Waals surface area contributed by atoms with Gasteiger partial charge in [0.25, 0.3) is 0 Å². The molecule has 2 aromatic rings. The summed E-state index contributed by atoms with van der Waals surface area (Å²) in [5, 5.41) is 2.69. The van der Waals surface area contributed by atoms with Gasteiger partial charge in [0.05, 0.1) is 5.69 Å². The van der Waals surface area contributed by atoms with E-state index in [1.807, 2.05) is 0 Å². The van der Waals surface area contributed by atoms with Gasteiger partial charge in [-0.25, -0.2) is 13.2 Å². The number of benzene rings is 2. The molecule has 0 spiro atoms. The van der Waals surface area contributed by atoms with Gasteiger partial charge < -0.3 is 15.6 Å². The molecule has 0 heterocycles. The van der Waals surface area contributed by atoms with Crippen LogP contribution in [0.3, 0.4) is 0 Å². The van der Waals surface area contributed by atoms with Gasteiger partial charge in [0.15, 0.2) is 17.5 Å². The fourth-order valence-corrected chi connectivity index (χ4v) is 1.50. The summed E-state index contributed by atoms with van der Waals surface area (Å²) >= 11 is -1.93. The Morgan fingerprint density at radius 2 is 1.56 bits per heavy atom. The van der Waals surface area contributed by atoms with Crippen molar-refractivity contribution in [2.75, 3.05) is 11.1 Å². The van der Waals surface area contributed by atoms with Crippen molar-refractivity contribution >= 4 is 22.5 Å². The average molecular weight is 373 g/mol. The Labute approximate surface area is 147 Å². The van der Waals surface area contributed by atoms with Crippen LogP contribution in [-0.2, 0) is 17.6 Å². The van der Waals surface area contributed by atoms with E-state index in [4.69, 9.17) is 5.73 Å². The standard InChI is InChI=1S/C13H11F3N2.C4H10O2S/c14-10-5-6-11(13(16)12(10)15)18-7-8-1-3-9(17)4-2-8;1-4(2,3)7(5)6/h1-6,18H,7,17H2;1-3H3,(H,5,6)/p-1. The lowest BCUT2D eigenvalue weighted by molar-refractivity contribution is 0.449. The molecule has 0 radical (unpaired) electrons. The lowest BCUT2D eigenvalue weighted by atomic mass is 10.2. The summed E-state index contributed by atoms with van der Waals surface area (Å²) in [6.45, 7) is 5.24. The van der Waals surface area contributed by atoms with Crippen molar-refractivity contribution in [3.63, 3.8) is 0 Å². The SMILES string of the molecule is CC(C)(C)S(=O)[O-].Nc1ccc(CNc2ccc(F)c(F)c2F)cc1. The van der Waals surface area contributed by atoms with Crippen LogP contribution in [-0.4, -0.2) is 13.5 Å². The van der Waals surface area contributed by atoms with Gasteiger partial charge >= 0.3 is 0 Å². The van der Waals surface area contributed by atoms with Gasteiger partial charge in [0.1, 0.15) is 0 Å². The first kappa shape index (κ1) is 21.0. The average Bonchev–Trinajstić information content (AvgIpc) is 2.53. The largest absolute Gasteiger partial charge is 0.772 e. The quantitative estimate of drug-likeness (QED) is 0.485. The van der Waals surface area contributed by atoms with Crippen LogP contribution in [0.5, 0.6) is 0 Å². The summed E-state index contributed by atoms with van der Waals surface area (Å²) in [5.74, 6) is -3.90. The van der Waals surface area contributed by atoms with Gasteiger partial charge in [-0.15, -0.1) is 0 Å². The van der Waals surface area contributed by atoms with Crippen LogP contribution in [0.4, 0.5) is 24.5 Å². The number of anilines is 2. The third-order valence-corrected chi connectivity index (χ3v) is 4.00. The topological polar surface area (TPSA) is 78.2 Å². The second-order valence-electron chi connectivity index (χ2n) is 6.17. The number of nitrogens with one attached hydrogen (secondary N) is 1. The van der Waals surface area contributed by atoms with Crippen LogP contribution < -0.4 is 11.1 Å². The Balaban J connectivity index is 0.000000381. The van der Waals surface area contributed by atoms with Crippen LogP contribution in [0.25, 0.3) is 0 Å². The lowest BCUT2D eigenvalue weighted by Crippen LogP contribution is -2.20. The maximum absolute atomic E-state index is 13.3. The minimum absolute atomic E-state index is 0.0780. The van der Waals surface area contributed by atoms with Gasteiger partial charge in [-0.05, 0) is 61.7 Å². The van der Waals surface area contributed by atoms with Crippen molar-refractivity contribution in [1.29, 1.82) is 0 Å². The van der Waals surface area contributed by atoms with E-state index in [2.05, 4.69) is 5.32 Å². The van der Waals surface area contributed by atoms with E-state index in [9.17, 15) is 21.9 Å². The minimum Gasteiger partial charge on any atom is -0.772 e. The highest BCUT2D eigenvalue weighted by atomic mass is 32.2. The van der Waals surface area contributed by atoms with E-state index < -0.39 is 33.3 Å². The van der Waals surface area contributed by atoms with Gasteiger partial charge in [0, 0.05) is 17.0 Å². The fourth-order valence-electron chi connectivity index (χ4n) is 1.50. The zero-order valence-electron chi connectivity index (χ0n) is 14.1. The Kier molecular flexibility index (Phi) is 7.44. The zero-order valence-corrected chi connectivity index (χ0v) is 14.9. The van der Waals surface area contributed by atoms with Gasteiger partial charge in [-0.3, -0.25) is 4.21 Å². The van der Waals surface area contributed by atoms with Gasteiger partial charge in [-0.1, -0.05) is 12.1 Å². The molecule has 1 atom stereocenters. The highest BCUT2D eigenvalue weighted by molar-refractivity contribution is 7.80. The van der Waals surface area contributed by atoms with Crippen molar-refractivity contribution in [3.05, 3.63) is 59.4 Å². The predicted octanol–water partition coefficient (Wildman–Crippen LogP) is 3.96. The summed E-state index contributed by atoms with van der Waals surface area (Å²) in [7, 11) is 0. The highest BCUT2D eigenvalue weighted by Crippen LogP contribution is 2.20. The zero-order chi connectivity index (χ0) is 19.2. The maximum atomic E-state index is 13.3. The molecule has 0 amide bonds. The molecule has 0 fully saturated rings. The molecule has 0 aliphatic rings. The predicted molar refractivity (Wildman–Crippen MR) is 93.2 cm³/mol. The molecule has 4 nitrogen and oxygen atoms in total. The van der Waals surface area contributed by atoms with Crippen molar-refractivity contribution in [2.45, 2.75) is 32.1 Å². The fraction of sp³-hybridized carbons (Fsp3) is 0.294. The molecule has 25 heavy (non-hydrogen) atoms. The molecule has 0 bridgehead atoms. The van der Waals surface area contributed by atoms with E-state index in [1.54, 1.807) is 45.0 Å². The summed E-state index contributed by atoms with van der Waals surface area (Å²) in [6, 6.07) is 8.98. The molecule has 138 valence electrons. The molecule has 0 aromatic heterocycles. The number of rotatable bonds is 3. The number of halogens is 3. The van der Waals surface area contributed by atoms with Crippen LogP contribution in [0.1, 0.15) is 26.3 Å². The summed E-state index contributed by atoms with van der Waals surface area (Å²) in [5.41, 5.74) is 6.92. The molecule has 0 aliphatic carbocycles. The Morgan fingerprint density at radius 1 is 1.04 bits per heavy atom. The third kappa shape index (κ3) is 6.75. The maximum Gasteiger partial charge on any atom is 0.196 e. The smallest absolute Gasteiger partial charge is 0.196 e. The molecule has 8 heteroatoms. The van der Waals surface area contributed by atoms with Crippen LogP contribution in [0, 0.1) is 17.5 Å². The van der Waals surface area contributed by atoms with Crippen molar-refractivity contribution in [1.82, 2.24) is 0 Å². The third-order valence-electron chi connectivity index (χ3n) is 3.00. The molecular weight excluding hydrogens is 353 g/mol. The first-order valence-corrected chi connectivity index (χ1v) is 8.41. The molecule has 2 aromatic carbocycles. The van der Waals surface area contributed by atoms with E-state index in [-0.39, 0.29) is 5.69 Å². The molecular formula is C17H20F3N2O2S-. The number of hydrogen-bond acceptors (Lipinski definition) is 4. The summed E-state index contributed by atoms with van der Waals surface area (Å²) in [4.78, 5) is 0. The van der Waals surface area contributed by atoms with Crippen LogP contribution in [0.15, 0.2) is 36.4 Å². The Hall–Kier alpha value is -2.06. The summed E-state index contributed by atoms with van der Waals surface area (Å²) in [6.07, 6.45) is 0. The second-order valence-corrected chi connectivity index (χ2v) is 7.86. The molecule has 3 N–H and O–H groups in total. The molecule has 0 saturated carbocycles. The number of hydrogen-bond donors (Lipinski definition) is 2. The van der Waals surface area contributed by atoms with E-state index in [0.717, 1.165) is 17.7 Å². The lowest BCUT2D eigenvalue weighted by Gasteiger charge is -2.20. The molecule has 1 unspecified atom stereocenters. The molecule has 0 aliphatic heterocycles. The molecule has 2 rings (SSSR count). The number of nitrogens with two attached hydrogens (primary N) is 1. The van der Waals surface area contributed by atoms with Crippen LogP contribution in [0.2, 0.25) is 0 Å². The summed E-state index contributed by atoms with van der Waals surface area (Å²) < 4.78 is 58.5. The minimum atomic E-state index is -1.93. The van der Waals surface area contributed by atoms with Crippen LogP contribution >= 0.6 is 0 Å². The monoisotopic (exact) mass is 373 g/mol.